The number of anilines is 1. The first-order valence-corrected chi connectivity index (χ1v) is 13.0. The average molecular weight is 544 g/mol. The second-order valence-corrected chi connectivity index (χ2v) is 10.0. The van der Waals surface area contributed by atoms with E-state index in [0.29, 0.717) is 5.75 Å². The molecule has 1 aromatic carbocycles. The van der Waals surface area contributed by atoms with Crippen LogP contribution in [0.2, 0.25) is 0 Å². The Morgan fingerprint density at radius 3 is 2.70 bits per heavy atom. The maximum Gasteiger partial charge on any atom is 0.355 e. The van der Waals surface area contributed by atoms with Gasteiger partial charge in [-0.05, 0) is 36.3 Å². The zero-order valence-electron chi connectivity index (χ0n) is 20.3. The Morgan fingerprint density at radius 1 is 1.30 bits per heavy atom. The lowest BCUT2D eigenvalue weighted by Crippen LogP contribution is -2.70. The van der Waals surface area contributed by atoms with Crippen molar-refractivity contribution in [1.29, 1.82) is 0 Å². The maximum atomic E-state index is 12.9. The number of oxime groups is 1. The Labute approximate surface area is 221 Å². The molecule has 2 aromatic rings. The third-order valence-corrected chi connectivity index (χ3v) is 7.32. The minimum Gasteiger partial charge on any atom is -0.497 e. The number of fused-ring (bicyclic) bond motifs is 1. The molecular formula is C24H25N5O6S2. The van der Waals surface area contributed by atoms with Gasteiger partial charge in [0.1, 0.15) is 42.3 Å². The molecule has 2 aliphatic rings. The monoisotopic (exact) mass is 543 g/mol. The van der Waals surface area contributed by atoms with Crippen LogP contribution in [0, 0.1) is 0 Å². The van der Waals surface area contributed by atoms with Crippen LogP contribution in [0.5, 0.6) is 5.75 Å². The van der Waals surface area contributed by atoms with E-state index < -0.39 is 29.2 Å². The van der Waals surface area contributed by atoms with Crippen molar-refractivity contribution >= 4 is 57.8 Å². The predicted octanol–water partition coefficient (Wildman–Crippen LogP) is 2.01. The van der Waals surface area contributed by atoms with E-state index in [-0.39, 0.29) is 28.8 Å². The normalized spacial score (nSPS) is 19.4. The highest BCUT2D eigenvalue weighted by Gasteiger charge is 2.53. The van der Waals surface area contributed by atoms with E-state index in [1.807, 2.05) is 37.3 Å². The summed E-state index contributed by atoms with van der Waals surface area (Å²) in [6.07, 6.45) is 3.55. The van der Waals surface area contributed by atoms with Crippen molar-refractivity contribution in [3.8, 4) is 5.75 Å². The molecule has 2 amide bonds. The van der Waals surface area contributed by atoms with Crippen LogP contribution in [-0.2, 0) is 24.0 Å². The van der Waals surface area contributed by atoms with E-state index in [1.54, 1.807) is 18.6 Å². The summed E-state index contributed by atoms with van der Waals surface area (Å²) in [5.41, 5.74) is 7.72. The molecule has 3 N–H and O–H groups in total. The first-order valence-electron chi connectivity index (χ1n) is 11.1. The van der Waals surface area contributed by atoms with Crippen LogP contribution in [0.15, 0.2) is 52.1 Å². The fourth-order valence-electron chi connectivity index (χ4n) is 3.71. The zero-order chi connectivity index (χ0) is 26.5. The molecule has 1 saturated heterocycles. The molecule has 194 valence electrons. The number of ether oxygens (including phenoxy) is 2. The number of aromatic nitrogens is 1. The third kappa shape index (κ3) is 5.78. The molecular weight excluding hydrogens is 518 g/mol. The number of nitrogens with one attached hydrogen (secondary N) is 1. The Morgan fingerprint density at radius 2 is 2.05 bits per heavy atom. The molecule has 0 radical (unpaired) electrons. The molecule has 1 aromatic heterocycles. The first-order chi connectivity index (χ1) is 17.8. The Hall–Kier alpha value is -3.84. The number of hydrogen-bond acceptors (Lipinski definition) is 11. The summed E-state index contributed by atoms with van der Waals surface area (Å²) in [6.45, 7) is 1.91. The van der Waals surface area contributed by atoms with Crippen molar-refractivity contribution in [2.24, 2.45) is 5.16 Å². The molecule has 4 rings (SSSR count). The number of nitrogens with zero attached hydrogens (tertiary/aromatic N) is 3. The highest BCUT2D eigenvalue weighted by molar-refractivity contribution is 8.00. The van der Waals surface area contributed by atoms with E-state index in [2.05, 4.69) is 15.5 Å². The van der Waals surface area contributed by atoms with E-state index in [4.69, 9.17) is 20.0 Å². The van der Waals surface area contributed by atoms with Gasteiger partial charge in [-0.2, -0.15) is 0 Å². The lowest BCUT2D eigenvalue weighted by atomic mass is 10.0. The van der Waals surface area contributed by atoms with Crippen molar-refractivity contribution in [1.82, 2.24) is 15.2 Å². The van der Waals surface area contributed by atoms with Gasteiger partial charge in [0.2, 0.25) is 0 Å². The summed E-state index contributed by atoms with van der Waals surface area (Å²) in [5, 5.41) is 7.78. The molecule has 11 nitrogen and oxygen atoms in total. The quantitative estimate of drug-likeness (QED) is 0.210. The second kappa shape index (κ2) is 11.5. The van der Waals surface area contributed by atoms with Crippen LogP contribution in [0.3, 0.4) is 0 Å². The Bertz CT molecular complexity index is 1290. The summed E-state index contributed by atoms with van der Waals surface area (Å²) in [6, 6.07) is 6.64. The van der Waals surface area contributed by atoms with Gasteiger partial charge in [0.05, 0.1) is 7.11 Å². The van der Waals surface area contributed by atoms with Crippen molar-refractivity contribution in [2.45, 2.75) is 18.3 Å². The van der Waals surface area contributed by atoms with Crippen LogP contribution in [0.1, 0.15) is 18.2 Å². The molecule has 0 saturated carbocycles. The van der Waals surface area contributed by atoms with Gasteiger partial charge >= 0.3 is 5.97 Å². The van der Waals surface area contributed by atoms with Gasteiger partial charge in [-0.1, -0.05) is 23.4 Å². The van der Waals surface area contributed by atoms with Crippen LogP contribution in [0.25, 0.3) is 6.08 Å². The predicted molar refractivity (Wildman–Crippen MR) is 141 cm³/mol. The largest absolute Gasteiger partial charge is 0.497 e. The lowest BCUT2D eigenvalue weighted by molar-refractivity contribution is -0.152. The van der Waals surface area contributed by atoms with Gasteiger partial charge in [0.15, 0.2) is 10.8 Å². The van der Waals surface area contributed by atoms with Gasteiger partial charge in [-0.25, -0.2) is 9.78 Å². The van der Waals surface area contributed by atoms with E-state index >= 15 is 0 Å². The van der Waals surface area contributed by atoms with Gasteiger partial charge in [-0.3, -0.25) is 14.5 Å². The minimum atomic E-state index is -0.844. The number of amides is 2. The molecule has 0 spiro atoms. The van der Waals surface area contributed by atoms with Crippen LogP contribution in [0.4, 0.5) is 5.13 Å². The topological polar surface area (TPSA) is 145 Å². The fraction of sp³-hybridized carbons (Fsp3) is 0.292. The van der Waals surface area contributed by atoms with E-state index in [9.17, 15) is 14.4 Å². The van der Waals surface area contributed by atoms with Crippen LogP contribution in [-0.4, -0.2) is 71.4 Å². The van der Waals surface area contributed by atoms with Crippen molar-refractivity contribution in [3.05, 3.63) is 58.2 Å². The third-order valence-electron chi connectivity index (χ3n) is 5.46. The lowest BCUT2D eigenvalue weighted by Gasteiger charge is -2.48. The highest BCUT2D eigenvalue weighted by Crippen LogP contribution is 2.38. The number of thioether (sulfide) groups is 1. The van der Waals surface area contributed by atoms with Gasteiger partial charge < -0.3 is 25.4 Å². The fourth-order valence-corrected chi connectivity index (χ4v) is 5.45. The number of hydrogen-bond donors (Lipinski definition) is 2. The summed E-state index contributed by atoms with van der Waals surface area (Å²) >= 11 is 2.57. The number of benzene rings is 1. The Balaban J connectivity index is 1.36. The number of nitrogens with two attached hydrogens (primary N) is 1. The molecule has 37 heavy (non-hydrogen) atoms. The van der Waals surface area contributed by atoms with Gasteiger partial charge in [-0.15, -0.1) is 23.1 Å². The number of methoxy groups -OCH3 is 1. The standard InChI is InChI=1S/C24H25N5O6S2/c1-13(10-14-4-6-15(33-2)7-5-14)11-35-23(32)17-8-9-36-22-19(21(31)29(17)22)27-20(30)18(28-34-3)16-12-37-24(25)26-16/h4-8,10,12,19,22H,9,11H2,1-3H3,(H2,25,26)(H,27,30)/b13-10+,28-18-/t19?,22-/m1/s1. The summed E-state index contributed by atoms with van der Waals surface area (Å²) < 4.78 is 10.6. The summed E-state index contributed by atoms with van der Waals surface area (Å²) in [4.78, 5) is 48.7. The summed E-state index contributed by atoms with van der Waals surface area (Å²) in [7, 11) is 2.90. The highest BCUT2D eigenvalue weighted by atomic mass is 32.2. The van der Waals surface area contributed by atoms with Gasteiger partial charge in [0, 0.05) is 11.1 Å². The number of esters is 1. The van der Waals surface area contributed by atoms with Crippen molar-refractivity contribution in [3.63, 3.8) is 0 Å². The maximum absolute atomic E-state index is 12.9. The molecule has 1 unspecified atom stereocenters. The first kappa shape index (κ1) is 26.2. The van der Waals surface area contributed by atoms with Crippen molar-refractivity contribution < 1.29 is 28.7 Å². The summed E-state index contributed by atoms with van der Waals surface area (Å²) in [5.74, 6) is -0.433. The number of β-lactam (4-membered cyclic amide) rings is 1. The number of carbonyl (C=O) groups excluding carboxylic acids is 3. The minimum absolute atomic E-state index is 0.0653. The van der Waals surface area contributed by atoms with E-state index in [0.717, 1.165) is 28.2 Å². The number of carbonyl (C=O) groups is 3. The smallest absolute Gasteiger partial charge is 0.355 e. The molecule has 0 aliphatic carbocycles. The SMILES string of the molecule is CO/N=C(\C(=O)NC1C(=O)N2C(C(=O)OC/C(C)=C/c3ccc(OC)cc3)=CCS[C@H]12)c1csc(N)n1. The van der Waals surface area contributed by atoms with Gasteiger partial charge in [0.25, 0.3) is 11.8 Å². The Kier molecular flexibility index (Phi) is 8.14. The molecule has 2 atom stereocenters. The number of nitrogen functional groups attached to an aromatic ring is 1. The second-order valence-electron chi connectivity index (χ2n) is 8.01. The van der Waals surface area contributed by atoms with Crippen molar-refractivity contribution in [2.75, 3.05) is 32.3 Å². The van der Waals surface area contributed by atoms with E-state index in [1.165, 1.54) is 23.8 Å². The van der Waals surface area contributed by atoms with Crippen LogP contribution >= 0.6 is 23.1 Å². The van der Waals surface area contributed by atoms with Crippen LogP contribution < -0.4 is 15.8 Å². The molecule has 2 aliphatic heterocycles. The average Bonchev–Trinajstić information content (AvgIpc) is 3.34. The molecule has 1 fully saturated rings. The molecule has 0 bridgehead atoms. The number of thiazole rings is 1. The number of rotatable bonds is 9. The molecule has 3 heterocycles. The molecule has 13 heteroatoms. The zero-order valence-corrected chi connectivity index (χ0v) is 21.9.